The van der Waals surface area contributed by atoms with Crippen LogP contribution in [0.15, 0.2) is 6.20 Å². The van der Waals surface area contributed by atoms with Crippen LogP contribution in [0.5, 0.6) is 0 Å². The molecule has 4 N–H and O–H groups in total. The number of carbonyl (C=O) groups excluding carboxylic acids is 1. The van der Waals surface area contributed by atoms with E-state index in [9.17, 15) is 4.79 Å². The van der Waals surface area contributed by atoms with E-state index in [1.807, 2.05) is 0 Å². The van der Waals surface area contributed by atoms with E-state index >= 15 is 0 Å². The fourth-order valence-corrected chi connectivity index (χ4v) is 2.13. The van der Waals surface area contributed by atoms with Crippen molar-refractivity contribution >= 4 is 11.7 Å². The summed E-state index contributed by atoms with van der Waals surface area (Å²) < 4.78 is 1.80. The van der Waals surface area contributed by atoms with Crippen molar-refractivity contribution in [3.8, 4) is 0 Å². The SMILES string of the molecule is NC(=O)c1cn(C2CCCCC2)nc1N. The van der Waals surface area contributed by atoms with Crippen molar-refractivity contribution in [3.05, 3.63) is 11.8 Å². The van der Waals surface area contributed by atoms with Gasteiger partial charge in [0.2, 0.25) is 0 Å². The third-order valence-electron chi connectivity index (χ3n) is 2.97. The van der Waals surface area contributed by atoms with Crippen LogP contribution in [-0.2, 0) is 0 Å². The van der Waals surface area contributed by atoms with Crippen LogP contribution in [0.2, 0.25) is 0 Å². The van der Waals surface area contributed by atoms with E-state index in [0.717, 1.165) is 12.8 Å². The third-order valence-corrected chi connectivity index (χ3v) is 2.97. The summed E-state index contributed by atoms with van der Waals surface area (Å²) in [6.45, 7) is 0. The minimum Gasteiger partial charge on any atom is -0.382 e. The van der Waals surface area contributed by atoms with Crippen LogP contribution in [0, 0.1) is 0 Å². The second-order valence-electron chi connectivity index (χ2n) is 4.06. The number of hydrogen-bond donors (Lipinski definition) is 2. The summed E-state index contributed by atoms with van der Waals surface area (Å²) in [5.41, 5.74) is 11.1. The predicted molar refractivity (Wildman–Crippen MR) is 57.3 cm³/mol. The standard InChI is InChI=1S/C10H16N4O/c11-9-8(10(12)15)6-14(13-9)7-4-2-1-3-5-7/h6-7H,1-5H2,(H2,11,13)(H2,12,15). The summed E-state index contributed by atoms with van der Waals surface area (Å²) in [7, 11) is 0. The Hall–Kier alpha value is -1.52. The molecule has 0 radical (unpaired) electrons. The fourth-order valence-electron chi connectivity index (χ4n) is 2.13. The summed E-state index contributed by atoms with van der Waals surface area (Å²) in [5, 5.41) is 4.15. The molecule has 1 fully saturated rings. The first kappa shape index (κ1) is 10.0. The second-order valence-corrected chi connectivity index (χ2v) is 4.06. The first-order valence-electron chi connectivity index (χ1n) is 5.33. The zero-order valence-corrected chi connectivity index (χ0v) is 8.65. The van der Waals surface area contributed by atoms with Gasteiger partial charge in [0, 0.05) is 6.20 Å². The highest BCUT2D eigenvalue weighted by Gasteiger charge is 2.19. The van der Waals surface area contributed by atoms with Crippen molar-refractivity contribution in [1.29, 1.82) is 0 Å². The van der Waals surface area contributed by atoms with Crippen molar-refractivity contribution in [2.45, 2.75) is 38.1 Å². The van der Waals surface area contributed by atoms with Gasteiger partial charge in [-0.25, -0.2) is 0 Å². The highest BCUT2D eigenvalue weighted by Crippen LogP contribution is 2.28. The molecular weight excluding hydrogens is 192 g/mol. The minimum atomic E-state index is -0.505. The van der Waals surface area contributed by atoms with Gasteiger partial charge >= 0.3 is 0 Å². The Morgan fingerprint density at radius 2 is 2.07 bits per heavy atom. The minimum absolute atomic E-state index is 0.244. The van der Waals surface area contributed by atoms with Crippen LogP contribution in [0.4, 0.5) is 5.82 Å². The average molecular weight is 208 g/mol. The lowest BCUT2D eigenvalue weighted by Gasteiger charge is -2.21. The number of primary amides is 1. The number of anilines is 1. The molecule has 1 heterocycles. The summed E-state index contributed by atoms with van der Waals surface area (Å²) in [5.74, 6) is -0.261. The molecule has 0 saturated heterocycles. The van der Waals surface area contributed by atoms with Gasteiger partial charge in [0.15, 0.2) is 5.82 Å². The van der Waals surface area contributed by atoms with Crippen molar-refractivity contribution in [3.63, 3.8) is 0 Å². The molecule has 0 bridgehead atoms. The smallest absolute Gasteiger partial charge is 0.254 e. The molecule has 1 aliphatic carbocycles. The van der Waals surface area contributed by atoms with Crippen LogP contribution in [0.25, 0.3) is 0 Å². The zero-order valence-electron chi connectivity index (χ0n) is 8.65. The van der Waals surface area contributed by atoms with Crippen molar-refractivity contribution in [2.75, 3.05) is 5.73 Å². The van der Waals surface area contributed by atoms with Gasteiger partial charge in [-0.15, -0.1) is 0 Å². The van der Waals surface area contributed by atoms with Crippen molar-refractivity contribution < 1.29 is 4.79 Å². The van der Waals surface area contributed by atoms with Crippen LogP contribution in [0.3, 0.4) is 0 Å². The molecule has 0 spiro atoms. The maximum atomic E-state index is 11.0. The molecular formula is C10H16N4O. The second kappa shape index (κ2) is 3.92. The summed E-state index contributed by atoms with van der Waals surface area (Å²) in [6, 6.07) is 0.383. The first-order chi connectivity index (χ1) is 7.18. The Morgan fingerprint density at radius 3 is 2.60 bits per heavy atom. The lowest BCUT2D eigenvalue weighted by atomic mass is 9.96. The third kappa shape index (κ3) is 1.95. The maximum absolute atomic E-state index is 11.0. The normalized spacial score (nSPS) is 17.9. The molecule has 0 unspecified atom stereocenters. The number of amides is 1. The Morgan fingerprint density at radius 1 is 1.40 bits per heavy atom. The molecule has 15 heavy (non-hydrogen) atoms. The topological polar surface area (TPSA) is 86.9 Å². The molecule has 0 atom stereocenters. The van der Waals surface area contributed by atoms with Crippen LogP contribution < -0.4 is 11.5 Å². The van der Waals surface area contributed by atoms with E-state index in [1.54, 1.807) is 10.9 Å². The number of nitrogens with two attached hydrogens (primary N) is 2. The van der Waals surface area contributed by atoms with Crippen LogP contribution in [0.1, 0.15) is 48.5 Å². The predicted octanol–water partition coefficient (Wildman–Crippen LogP) is 1.07. The van der Waals surface area contributed by atoms with Gasteiger partial charge in [-0.1, -0.05) is 19.3 Å². The van der Waals surface area contributed by atoms with E-state index < -0.39 is 5.91 Å². The molecule has 1 aromatic heterocycles. The number of carbonyl (C=O) groups is 1. The van der Waals surface area contributed by atoms with Gasteiger partial charge < -0.3 is 11.5 Å². The Balaban J connectivity index is 2.21. The lowest BCUT2D eigenvalue weighted by molar-refractivity contribution is 0.100. The number of nitrogen functional groups attached to an aromatic ring is 1. The van der Waals surface area contributed by atoms with E-state index in [1.165, 1.54) is 19.3 Å². The number of aromatic nitrogens is 2. The van der Waals surface area contributed by atoms with Gasteiger partial charge in [0.25, 0.3) is 5.91 Å². The molecule has 5 heteroatoms. The number of hydrogen-bond acceptors (Lipinski definition) is 3. The molecule has 2 rings (SSSR count). The van der Waals surface area contributed by atoms with E-state index in [0.29, 0.717) is 11.6 Å². The molecule has 0 aliphatic heterocycles. The van der Waals surface area contributed by atoms with E-state index in [-0.39, 0.29) is 5.82 Å². The van der Waals surface area contributed by atoms with Gasteiger partial charge in [0.1, 0.15) is 5.56 Å². The molecule has 1 saturated carbocycles. The summed E-state index contributed by atoms with van der Waals surface area (Å²) in [4.78, 5) is 11.0. The lowest BCUT2D eigenvalue weighted by Crippen LogP contribution is -2.14. The molecule has 1 aromatic rings. The van der Waals surface area contributed by atoms with E-state index in [4.69, 9.17) is 11.5 Å². The van der Waals surface area contributed by atoms with E-state index in [2.05, 4.69) is 5.10 Å². The summed E-state index contributed by atoms with van der Waals surface area (Å²) in [6.07, 6.45) is 7.62. The Bertz CT molecular complexity index is 365. The number of rotatable bonds is 2. The molecule has 5 nitrogen and oxygen atoms in total. The maximum Gasteiger partial charge on any atom is 0.254 e. The average Bonchev–Trinajstić information content (AvgIpc) is 2.62. The highest BCUT2D eigenvalue weighted by molar-refractivity contribution is 5.96. The fraction of sp³-hybridized carbons (Fsp3) is 0.600. The Kier molecular flexibility index (Phi) is 2.62. The zero-order chi connectivity index (χ0) is 10.8. The molecule has 0 aromatic carbocycles. The molecule has 82 valence electrons. The van der Waals surface area contributed by atoms with Gasteiger partial charge in [0.05, 0.1) is 6.04 Å². The quantitative estimate of drug-likeness (QED) is 0.762. The monoisotopic (exact) mass is 208 g/mol. The van der Waals surface area contributed by atoms with Crippen LogP contribution >= 0.6 is 0 Å². The van der Waals surface area contributed by atoms with Crippen LogP contribution in [-0.4, -0.2) is 15.7 Å². The number of nitrogens with zero attached hydrogens (tertiary/aromatic N) is 2. The van der Waals surface area contributed by atoms with Gasteiger partial charge in [-0.2, -0.15) is 5.10 Å². The van der Waals surface area contributed by atoms with Crippen molar-refractivity contribution in [2.24, 2.45) is 5.73 Å². The largest absolute Gasteiger partial charge is 0.382 e. The highest BCUT2D eigenvalue weighted by atomic mass is 16.1. The Labute approximate surface area is 88.4 Å². The van der Waals surface area contributed by atoms with Gasteiger partial charge in [-0.05, 0) is 12.8 Å². The molecule has 1 aliphatic rings. The van der Waals surface area contributed by atoms with Crippen molar-refractivity contribution in [1.82, 2.24) is 9.78 Å². The van der Waals surface area contributed by atoms with Gasteiger partial charge in [-0.3, -0.25) is 9.48 Å². The molecule has 1 amide bonds. The summed E-state index contributed by atoms with van der Waals surface area (Å²) >= 11 is 0. The first-order valence-corrected chi connectivity index (χ1v) is 5.33.